The van der Waals surface area contributed by atoms with E-state index in [9.17, 15) is 9.59 Å². The molecule has 1 aliphatic rings. The molecule has 1 N–H and O–H groups in total. The Hall–Kier alpha value is -3.80. The SMILES string of the molecule is COc1ccc2ccc(OC)c(/C=C3/NC(=O)N(Cc4ccccc4)C3=O)c2c1. The van der Waals surface area contributed by atoms with Gasteiger partial charge in [0.2, 0.25) is 0 Å². The number of carbonyl (C=O) groups excluding carboxylic acids is 2. The second-order valence-electron chi connectivity index (χ2n) is 6.63. The number of hydrogen-bond donors (Lipinski definition) is 1. The van der Waals surface area contributed by atoms with Gasteiger partial charge >= 0.3 is 6.03 Å². The van der Waals surface area contributed by atoms with E-state index in [0.29, 0.717) is 17.1 Å². The highest BCUT2D eigenvalue weighted by Crippen LogP contribution is 2.33. The number of hydrogen-bond acceptors (Lipinski definition) is 4. The fourth-order valence-electron chi connectivity index (χ4n) is 3.38. The van der Waals surface area contributed by atoms with Gasteiger partial charge in [-0.1, -0.05) is 42.5 Å². The van der Waals surface area contributed by atoms with Crippen molar-refractivity contribution in [1.82, 2.24) is 10.2 Å². The van der Waals surface area contributed by atoms with E-state index in [2.05, 4.69) is 5.32 Å². The third-order valence-electron chi connectivity index (χ3n) is 4.88. The zero-order valence-electron chi connectivity index (χ0n) is 16.1. The third-order valence-corrected chi connectivity index (χ3v) is 4.88. The van der Waals surface area contributed by atoms with Crippen LogP contribution in [0.4, 0.5) is 4.79 Å². The third kappa shape index (κ3) is 3.52. The molecule has 1 aliphatic heterocycles. The Morgan fingerprint density at radius 1 is 0.966 bits per heavy atom. The average Bonchev–Trinajstić information content (AvgIpc) is 3.01. The van der Waals surface area contributed by atoms with Crippen LogP contribution in [0.2, 0.25) is 0 Å². The summed E-state index contributed by atoms with van der Waals surface area (Å²) < 4.78 is 10.8. The molecule has 0 atom stereocenters. The second kappa shape index (κ2) is 7.67. The van der Waals surface area contributed by atoms with Gasteiger partial charge in [-0.3, -0.25) is 9.69 Å². The van der Waals surface area contributed by atoms with E-state index < -0.39 is 6.03 Å². The maximum absolute atomic E-state index is 12.9. The molecule has 1 fully saturated rings. The topological polar surface area (TPSA) is 67.9 Å². The van der Waals surface area contributed by atoms with Gasteiger partial charge in [-0.15, -0.1) is 0 Å². The lowest BCUT2D eigenvalue weighted by molar-refractivity contribution is -0.123. The number of rotatable bonds is 5. The van der Waals surface area contributed by atoms with Crippen molar-refractivity contribution < 1.29 is 19.1 Å². The number of nitrogens with zero attached hydrogens (tertiary/aromatic N) is 1. The van der Waals surface area contributed by atoms with Crippen molar-refractivity contribution in [2.45, 2.75) is 6.54 Å². The van der Waals surface area contributed by atoms with Crippen LogP contribution in [0, 0.1) is 0 Å². The monoisotopic (exact) mass is 388 g/mol. The second-order valence-corrected chi connectivity index (χ2v) is 6.63. The van der Waals surface area contributed by atoms with Gasteiger partial charge in [0.25, 0.3) is 5.91 Å². The number of nitrogens with one attached hydrogen (secondary N) is 1. The molecule has 0 unspecified atom stereocenters. The Kier molecular flexibility index (Phi) is 4.91. The first-order valence-corrected chi connectivity index (χ1v) is 9.14. The highest BCUT2D eigenvalue weighted by Gasteiger charge is 2.33. The van der Waals surface area contributed by atoms with Crippen LogP contribution < -0.4 is 14.8 Å². The number of benzene rings is 3. The molecule has 0 aliphatic carbocycles. The van der Waals surface area contributed by atoms with E-state index >= 15 is 0 Å². The molecule has 3 amide bonds. The highest BCUT2D eigenvalue weighted by atomic mass is 16.5. The number of fused-ring (bicyclic) bond motifs is 1. The molecule has 3 aromatic rings. The van der Waals surface area contributed by atoms with Crippen LogP contribution in [0.15, 0.2) is 66.4 Å². The lowest BCUT2D eigenvalue weighted by Gasteiger charge is -2.12. The molecule has 0 aromatic heterocycles. The Labute approximate surface area is 168 Å². The smallest absolute Gasteiger partial charge is 0.329 e. The maximum atomic E-state index is 12.9. The molecule has 0 spiro atoms. The van der Waals surface area contributed by atoms with Crippen LogP contribution in [0.1, 0.15) is 11.1 Å². The first-order chi connectivity index (χ1) is 14.1. The maximum Gasteiger partial charge on any atom is 0.329 e. The summed E-state index contributed by atoms with van der Waals surface area (Å²) in [5, 5.41) is 4.51. The molecule has 3 aromatic carbocycles. The average molecular weight is 388 g/mol. The number of ether oxygens (including phenoxy) is 2. The normalized spacial score (nSPS) is 15.1. The van der Waals surface area contributed by atoms with E-state index in [-0.39, 0.29) is 18.1 Å². The minimum Gasteiger partial charge on any atom is -0.497 e. The molecular weight excluding hydrogens is 368 g/mol. The van der Waals surface area contributed by atoms with Gasteiger partial charge in [-0.2, -0.15) is 0 Å². The number of imide groups is 1. The van der Waals surface area contributed by atoms with Gasteiger partial charge < -0.3 is 14.8 Å². The Morgan fingerprint density at radius 3 is 2.45 bits per heavy atom. The highest BCUT2D eigenvalue weighted by molar-refractivity contribution is 6.14. The summed E-state index contributed by atoms with van der Waals surface area (Å²) in [7, 11) is 3.17. The van der Waals surface area contributed by atoms with E-state index in [1.54, 1.807) is 20.3 Å². The number of methoxy groups -OCH3 is 2. The molecule has 4 rings (SSSR count). The van der Waals surface area contributed by atoms with Gasteiger partial charge in [-0.25, -0.2) is 4.79 Å². The van der Waals surface area contributed by atoms with Crippen molar-refractivity contribution in [3.63, 3.8) is 0 Å². The largest absolute Gasteiger partial charge is 0.497 e. The van der Waals surface area contributed by atoms with Crippen LogP contribution in [-0.2, 0) is 11.3 Å². The Balaban J connectivity index is 1.75. The Bertz CT molecular complexity index is 1120. The number of urea groups is 1. The zero-order valence-corrected chi connectivity index (χ0v) is 16.1. The summed E-state index contributed by atoms with van der Waals surface area (Å²) in [6, 6.07) is 18.4. The molecule has 146 valence electrons. The molecule has 0 saturated carbocycles. The predicted molar refractivity (Wildman–Crippen MR) is 111 cm³/mol. The van der Waals surface area contributed by atoms with Gasteiger partial charge in [-0.05, 0) is 40.6 Å². The summed E-state index contributed by atoms with van der Waals surface area (Å²) in [6.07, 6.45) is 1.66. The molecule has 1 heterocycles. The lowest BCUT2D eigenvalue weighted by atomic mass is 10.0. The van der Waals surface area contributed by atoms with Crippen LogP contribution in [-0.4, -0.2) is 31.1 Å². The van der Waals surface area contributed by atoms with Gasteiger partial charge in [0.1, 0.15) is 17.2 Å². The molecule has 1 saturated heterocycles. The van der Waals surface area contributed by atoms with Gasteiger partial charge in [0.05, 0.1) is 20.8 Å². The minimum absolute atomic E-state index is 0.208. The minimum atomic E-state index is -0.443. The molecule has 6 nitrogen and oxygen atoms in total. The summed E-state index contributed by atoms with van der Waals surface area (Å²) in [4.78, 5) is 26.5. The summed E-state index contributed by atoms with van der Waals surface area (Å²) >= 11 is 0. The zero-order chi connectivity index (χ0) is 20.4. The van der Waals surface area contributed by atoms with E-state index in [0.717, 1.165) is 16.3 Å². The van der Waals surface area contributed by atoms with Crippen molar-refractivity contribution >= 4 is 28.8 Å². The number of carbonyl (C=O) groups is 2. The van der Waals surface area contributed by atoms with Crippen molar-refractivity contribution in [3.05, 3.63) is 77.5 Å². The fourth-order valence-corrected chi connectivity index (χ4v) is 3.38. The quantitative estimate of drug-likeness (QED) is 0.531. The van der Waals surface area contributed by atoms with Crippen LogP contribution in [0.3, 0.4) is 0 Å². The molecule has 0 radical (unpaired) electrons. The van der Waals surface area contributed by atoms with E-state index in [4.69, 9.17) is 9.47 Å². The molecule has 29 heavy (non-hydrogen) atoms. The first-order valence-electron chi connectivity index (χ1n) is 9.14. The van der Waals surface area contributed by atoms with E-state index in [1.807, 2.05) is 60.7 Å². The van der Waals surface area contributed by atoms with Gasteiger partial charge in [0, 0.05) is 5.56 Å². The predicted octanol–water partition coefficient (Wildman–Crippen LogP) is 3.95. The molecule has 0 bridgehead atoms. The summed E-state index contributed by atoms with van der Waals surface area (Å²) in [5.74, 6) is 0.917. The fraction of sp³-hybridized carbons (Fsp3) is 0.130. The Morgan fingerprint density at radius 2 is 1.72 bits per heavy atom. The number of amides is 3. The van der Waals surface area contributed by atoms with E-state index in [1.165, 1.54) is 4.90 Å². The molecule has 6 heteroatoms. The lowest BCUT2D eigenvalue weighted by Crippen LogP contribution is -2.30. The molecular formula is C23H20N2O4. The van der Waals surface area contributed by atoms with Crippen molar-refractivity contribution in [2.24, 2.45) is 0 Å². The standard InChI is InChI=1S/C23H20N2O4/c1-28-17-10-8-16-9-11-21(29-2)19(18(16)12-17)13-20-22(26)25(23(27)24-20)14-15-6-4-3-5-7-15/h3-13H,14H2,1-2H3,(H,24,27)/b20-13+. The van der Waals surface area contributed by atoms with Crippen LogP contribution >= 0.6 is 0 Å². The first kappa shape index (κ1) is 18.6. The van der Waals surface area contributed by atoms with Crippen molar-refractivity contribution in [2.75, 3.05) is 14.2 Å². The van der Waals surface area contributed by atoms with Crippen molar-refractivity contribution in [1.29, 1.82) is 0 Å². The van der Waals surface area contributed by atoms with Crippen molar-refractivity contribution in [3.8, 4) is 11.5 Å². The summed E-state index contributed by atoms with van der Waals surface area (Å²) in [5.41, 5.74) is 1.79. The summed E-state index contributed by atoms with van der Waals surface area (Å²) in [6.45, 7) is 0.212. The van der Waals surface area contributed by atoms with Crippen LogP contribution in [0.5, 0.6) is 11.5 Å². The van der Waals surface area contributed by atoms with Gasteiger partial charge in [0.15, 0.2) is 0 Å². The van der Waals surface area contributed by atoms with Crippen LogP contribution in [0.25, 0.3) is 16.8 Å².